The van der Waals surface area contributed by atoms with Crippen molar-refractivity contribution in [3.8, 4) is 0 Å². The third-order valence-electron chi connectivity index (χ3n) is 2.53. The molecule has 2 N–H and O–H groups in total. The Labute approximate surface area is 138 Å². The minimum Gasteiger partial charge on any atom is -0.469 e. The predicted molar refractivity (Wildman–Crippen MR) is 92.9 cm³/mol. The van der Waals surface area contributed by atoms with Crippen molar-refractivity contribution in [2.45, 2.75) is 32.8 Å². The molecule has 0 aliphatic carbocycles. The van der Waals surface area contributed by atoms with E-state index in [0.717, 1.165) is 44.3 Å². The number of nitrogens with zero attached hydrogens (tertiary/aromatic N) is 1. The molecular weight excluding hydrogens is 369 g/mol. The Bertz CT molecular complexity index is 353. The van der Waals surface area contributed by atoms with Gasteiger partial charge in [-0.2, -0.15) is 0 Å². The van der Waals surface area contributed by atoms with E-state index in [1.807, 2.05) is 26.0 Å². The molecule has 1 rings (SSSR count). The van der Waals surface area contributed by atoms with Crippen LogP contribution in [-0.4, -0.2) is 38.8 Å². The number of guanidine groups is 1. The van der Waals surface area contributed by atoms with Gasteiger partial charge in [-0.15, -0.1) is 24.0 Å². The molecule has 0 unspecified atom stereocenters. The first kappa shape index (κ1) is 19.2. The summed E-state index contributed by atoms with van der Waals surface area (Å²) in [6.07, 6.45) is 3.81. The predicted octanol–water partition coefficient (Wildman–Crippen LogP) is 2.42. The zero-order valence-electron chi connectivity index (χ0n) is 12.5. The van der Waals surface area contributed by atoms with E-state index in [2.05, 4.69) is 15.6 Å². The quantitative estimate of drug-likeness (QED) is 0.307. The topological polar surface area (TPSA) is 58.8 Å². The van der Waals surface area contributed by atoms with Crippen LogP contribution in [0.15, 0.2) is 27.8 Å². The van der Waals surface area contributed by atoms with Gasteiger partial charge in [-0.3, -0.25) is 4.99 Å². The van der Waals surface area contributed by atoms with Gasteiger partial charge < -0.3 is 19.8 Å². The Morgan fingerprint density at radius 2 is 2.10 bits per heavy atom. The van der Waals surface area contributed by atoms with Crippen LogP contribution in [0.3, 0.4) is 0 Å². The highest BCUT2D eigenvalue weighted by Crippen LogP contribution is 1.99. The standard InChI is InChI=1S/C14H25N3O2.HI/c1-12(2)18-11-5-8-16-14(15-3)17-9-7-13-6-4-10-19-13;/h4,6,10,12H,5,7-9,11H2,1-3H3,(H2,15,16,17);1H. The van der Waals surface area contributed by atoms with E-state index in [4.69, 9.17) is 9.15 Å². The number of ether oxygens (including phenoxy) is 1. The first-order valence-electron chi connectivity index (χ1n) is 6.81. The van der Waals surface area contributed by atoms with Crippen LogP contribution in [0, 0.1) is 0 Å². The average molecular weight is 395 g/mol. The Morgan fingerprint density at radius 1 is 1.35 bits per heavy atom. The second-order valence-electron chi connectivity index (χ2n) is 4.53. The number of rotatable bonds is 8. The number of halogens is 1. The summed E-state index contributed by atoms with van der Waals surface area (Å²) in [5.41, 5.74) is 0. The van der Waals surface area contributed by atoms with Crippen LogP contribution in [-0.2, 0) is 11.2 Å². The van der Waals surface area contributed by atoms with Crippen molar-refractivity contribution in [3.63, 3.8) is 0 Å². The highest BCUT2D eigenvalue weighted by molar-refractivity contribution is 14.0. The lowest BCUT2D eigenvalue weighted by Crippen LogP contribution is -2.39. The largest absolute Gasteiger partial charge is 0.469 e. The fraction of sp³-hybridized carbons (Fsp3) is 0.643. The van der Waals surface area contributed by atoms with Crippen LogP contribution >= 0.6 is 24.0 Å². The lowest BCUT2D eigenvalue weighted by molar-refractivity contribution is 0.0776. The van der Waals surface area contributed by atoms with Crippen molar-refractivity contribution in [1.29, 1.82) is 0 Å². The lowest BCUT2D eigenvalue weighted by atomic mass is 10.3. The molecule has 0 radical (unpaired) electrons. The molecule has 0 bridgehead atoms. The maximum atomic E-state index is 5.47. The van der Waals surface area contributed by atoms with Gasteiger partial charge in [-0.25, -0.2) is 0 Å². The fourth-order valence-corrected chi connectivity index (χ4v) is 1.58. The monoisotopic (exact) mass is 395 g/mol. The summed E-state index contributed by atoms with van der Waals surface area (Å²) in [4.78, 5) is 4.16. The second-order valence-corrected chi connectivity index (χ2v) is 4.53. The lowest BCUT2D eigenvalue weighted by Gasteiger charge is -2.12. The van der Waals surface area contributed by atoms with E-state index in [9.17, 15) is 0 Å². The molecule has 1 aromatic rings. The Balaban J connectivity index is 0.00000361. The SMILES string of the molecule is CN=C(NCCCOC(C)C)NCCc1ccco1.I. The Hall–Kier alpha value is -0.760. The van der Waals surface area contributed by atoms with Gasteiger partial charge in [0.1, 0.15) is 5.76 Å². The molecule has 1 aromatic heterocycles. The average Bonchev–Trinajstić information content (AvgIpc) is 2.89. The Morgan fingerprint density at radius 3 is 2.70 bits per heavy atom. The molecule has 116 valence electrons. The molecule has 0 amide bonds. The molecule has 20 heavy (non-hydrogen) atoms. The van der Waals surface area contributed by atoms with E-state index in [0.29, 0.717) is 6.10 Å². The van der Waals surface area contributed by atoms with Crippen molar-refractivity contribution in [2.75, 3.05) is 26.7 Å². The van der Waals surface area contributed by atoms with Crippen molar-refractivity contribution in [2.24, 2.45) is 4.99 Å². The normalized spacial score (nSPS) is 11.3. The van der Waals surface area contributed by atoms with E-state index in [-0.39, 0.29) is 24.0 Å². The molecule has 0 fully saturated rings. The van der Waals surface area contributed by atoms with Crippen LogP contribution in [0.2, 0.25) is 0 Å². The zero-order valence-corrected chi connectivity index (χ0v) is 14.8. The first-order valence-corrected chi connectivity index (χ1v) is 6.81. The molecule has 0 saturated heterocycles. The molecule has 0 spiro atoms. The van der Waals surface area contributed by atoms with Gasteiger partial charge in [0.2, 0.25) is 0 Å². The van der Waals surface area contributed by atoms with Crippen LogP contribution in [0.5, 0.6) is 0 Å². The zero-order chi connectivity index (χ0) is 13.9. The van der Waals surface area contributed by atoms with Crippen LogP contribution in [0.25, 0.3) is 0 Å². The molecule has 0 aliphatic heterocycles. The molecule has 0 aliphatic rings. The highest BCUT2D eigenvalue weighted by Gasteiger charge is 1.99. The van der Waals surface area contributed by atoms with Gasteiger partial charge in [0.05, 0.1) is 12.4 Å². The number of furan rings is 1. The smallest absolute Gasteiger partial charge is 0.190 e. The first-order chi connectivity index (χ1) is 9.22. The number of hydrogen-bond donors (Lipinski definition) is 2. The molecule has 6 heteroatoms. The summed E-state index contributed by atoms with van der Waals surface area (Å²) >= 11 is 0. The van der Waals surface area contributed by atoms with E-state index in [1.165, 1.54) is 0 Å². The minimum atomic E-state index is 0. The number of aliphatic imine (C=N–C) groups is 1. The summed E-state index contributed by atoms with van der Waals surface area (Å²) in [5.74, 6) is 1.80. The molecule has 0 aromatic carbocycles. The maximum Gasteiger partial charge on any atom is 0.190 e. The molecule has 5 nitrogen and oxygen atoms in total. The van der Waals surface area contributed by atoms with Gasteiger partial charge in [0.25, 0.3) is 0 Å². The van der Waals surface area contributed by atoms with Crippen LogP contribution in [0.4, 0.5) is 0 Å². The number of hydrogen-bond acceptors (Lipinski definition) is 3. The van der Waals surface area contributed by atoms with E-state index < -0.39 is 0 Å². The van der Waals surface area contributed by atoms with Gasteiger partial charge in [-0.1, -0.05) is 0 Å². The summed E-state index contributed by atoms with van der Waals surface area (Å²) in [7, 11) is 1.77. The van der Waals surface area contributed by atoms with Crippen molar-refractivity contribution in [1.82, 2.24) is 10.6 Å². The third-order valence-corrected chi connectivity index (χ3v) is 2.53. The van der Waals surface area contributed by atoms with Crippen molar-refractivity contribution >= 4 is 29.9 Å². The molecule has 0 atom stereocenters. The van der Waals surface area contributed by atoms with Crippen molar-refractivity contribution < 1.29 is 9.15 Å². The molecule has 1 heterocycles. The third kappa shape index (κ3) is 9.19. The van der Waals surface area contributed by atoms with E-state index in [1.54, 1.807) is 13.3 Å². The minimum absolute atomic E-state index is 0. The summed E-state index contributed by atoms with van der Waals surface area (Å²) in [6, 6.07) is 3.87. The van der Waals surface area contributed by atoms with Crippen LogP contribution < -0.4 is 10.6 Å². The highest BCUT2D eigenvalue weighted by atomic mass is 127. The van der Waals surface area contributed by atoms with Gasteiger partial charge >= 0.3 is 0 Å². The van der Waals surface area contributed by atoms with Gasteiger partial charge in [0.15, 0.2) is 5.96 Å². The van der Waals surface area contributed by atoms with Crippen molar-refractivity contribution in [3.05, 3.63) is 24.2 Å². The maximum absolute atomic E-state index is 5.47. The fourth-order valence-electron chi connectivity index (χ4n) is 1.58. The van der Waals surface area contributed by atoms with Crippen LogP contribution in [0.1, 0.15) is 26.0 Å². The molecular formula is C14H26IN3O2. The van der Waals surface area contributed by atoms with E-state index >= 15 is 0 Å². The van der Waals surface area contributed by atoms with Gasteiger partial charge in [-0.05, 0) is 32.4 Å². The summed E-state index contributed by atoms with van der Waals surface area (Å²) in [5, 5.41) is 6.50. The number of nitrogens with one attached hydrogen (secondary N) is 2. The molecule has 0 saturated carbocycles. The summed E-state index contributed by atoms with van der Waals surface area (Å²) < 4.78 is 10.7. The second kappa shape index (κ2) is 12.0. The van der Waals surface area contributed by atoms with Gasteiger partial charge in [0, 0.05) is 33.2 Å². The Kier molecular flexibility index (Phi) is 11.6. The summed E-state index contributed by atoms with van der Waals surface area (Å²) in [6.45, 7) is 6.52.